The number of morpholine rings is 1. The Bertz CT molecular complexity index is 448. The number of hydrogen-bond acceptors (Lipinski definition) is 3. The number of benzene rings is 1. The third kappa shape index (κ3) is 2.88. The molecule has 1 atom stereocenters. The fourth-order valence-electron chi connectivity index (χ4n) is 2.89. The molecule has 2 fully saturated rings. The summed E-state index contributed by atoms with van der Waals surface area (Å²) in [7, 11) is 0. The molecule has 1 saturated heterocycles. The van der Waals surface area contributed by atoms with Crippen molar-refractivity contribution in [3.63, 3.8) is 0 Å². The molecule has 0 bridgehead atoms. The van der Waals surface area contributed by atoms with Gasteiger partial charge in [-0.05, 0) is 24.3 Å². The molecule has 1 heterocycles. The lowest BCUT2D eigenvalue weighted by atomic mass is 9.77. The second-order valence-corrected chi connectivity index (χ2v) is 5.54. The first-order valence-corrected chi connectivity index (χ1v) is 7.29. The molecule has 2 aliphatic rings. The highest BCUT2D eigenvalue weighted by Gasteiger charge is 2.25. The molecule has 1 aromatic rings. The van der Waals surface area contributed by atoms with Crippen LogP contribution in [-0.4, -0.2) is 31.6 Å². The fraction of sp³-hybridized carbons (Fsp3) is 0.562. The maximum Gasteiger partial charge on any atom is 0.165 e. The normalized spacial score (nSPS) is 23.9. The van der Waals surface area contributed by atoms with E-state index in [9.17, 15) is 4.79 Å². The molecule has 0 radical (unpaired) electrons. The number of rotatable bonds is 4. The minimum atomic E-state index is 0.0377. The summed E-state index contributed by atoms with van der Waals surface area (Å²) < 4.78 is 5.63. The van der Waals surface area contributed by atoms with E-state index < -0.39 is 0 Å². The maximum absolute atomic E-state index is 12.5. The van der Waals surface area contributed by atoms with Gasteiger partial charge in [0.2, 0.25) is 0 Å². The van der Waals surface area contributed by atoms with Gasteiger partial charge in [0, 0.05) is 25.1 Å². The monoisotopic (exact) mass is 259 g/mol. The zero-order chi connectivity index (χ0) is 13.1. The van der Waals surface area contributed by atoms with Crippen LogP contribution < -0.4 is 5.32 Å². The van der Waals surface area contributed by atoms with Crippen LogP contribution in [0.2, 0.25) is 0 Å². The van der Waals surface area contributed by atoms with Crippen LogP contribution in [0.1, 0.15) is 47.5 Å². The third-order valence-corrected chi connectivity index (χ3v) is 4.22. The van der Waals surface area contributed by atoms with Crippen LogP contribution in [0.25, 0.3) is 0 Å². The van der Waals surface area contributed by atoms with E-state index in [1.165, 1.54) is 24.8 Å². The summed E-state index contributed by atoms with van der Waals surface area (Å²) in [6.45, 7) is 2.39. The van der Waals surface area contributed by atoms with Crippen LogP contribution in [-0.2, 0) is 4.74 Å². The lowest BCUT2D eigenvalue weighted by Crippen LogP contribution is -2.39. The van der Waals surface area contributed by atoms with Crippen molar-refractivity contribution in [3.8, 4) is 0 Å². The molecular weight excluding hydrogens is 238 g/mol. The van der Waals surface area contributed by atoms with Crippen molar-refractivity contribution < 1.29 is 9.53 Å². The summed E-state index contributed by atoms with van der Waals surface area (Å²) in [6, 6.07) is 8.11. The standard InChI is InChI=1S/C16H21NO2/c18-16(10-13-11-17-8-9-19-13)15-7-2-1-6-14(15)12-4-3-5-12/h1-2,6-7,12-13,17H,3-5,8-11H2. The lowest BCUT2D eigenvalue weighted by molar-refractivity contribution is 0.0239. The molecule has 102 valence electrons. The summed E-state index contributed by atoms with van der Waals surface area (Å²) >= 11 is 0. The molecule has 0 spiro atoms. The van der Waals surface area contributed by atoms with Gasteiger partial charge in [-0.2, -0.15) is 0 Å². The van der Waals surface area contributed by atoms with Crippen LogP contribution in [0.4, 0.5) is 0 Å². The zero-order valence-corrected chi connectivity index (χ0v) is 11.2. The summed E-state index contributed by atoms with van der Waals surface area (Å²) in [5.41, 5.74) is 2.17. The second-order valence-electron chi connectivity index (χ2n) is 5.54. The summed E-state index contributed by atoms with van der Waals surface area (Å²) in [5, 5.41) is 3.27. The van der Waals surface area contributed by atoms with E-state index in [-0.39, 0.29) is 11.9 Å². The minimum Gasteiger partial charge on any atom is -0.375 e. The predicted octanol–water partition coefficient (Wildman–Crippen LogP) is 2.52. The highest BCUT2D eigenvalue weighted by Crippen LogP contribution is 2.38. The number of nitrogens with one attached hydrogen (secondary N) is 1. The number of ketones is 1. The quantitative estimate of drug-likeness (QED) is 0.844. The summed E-state index contributed by atoms with van der Waals surface area (Å²) in [6.07, 6.45) is 4.28. The van der Waals surface area contributed by atoms with E-state index in [2.05, 4.69) is 11.4 Å². The molecule has 0 amide bonds. The molecular formula is C16H21NO2. The molecule has 3 rings (SSSR count). The van der Waals surface area contributed by atoms with Gasteiger partial charge < -0.3 is 10.1 Å². The maximum atomic E-state index is 12.5. The molecule has 1 N–H and O–H groups in total. The Hall–Kier alpha value is -1.19. The predicted molar refractivity (Wildman–Crippen MR) is 74.6 cm³/mol. The van der Waals surface area contributed by atoms with E-state index in [0.29, 0.717) is 18.9 Å². The Labute approximate surface area is 114 Å². The van der Waals surface area contributed by atoms with E-state index in [1.54, 1.807) is 0 Å². The van der Waals surface area contributed by atoms with Gasteiger partial charge >= 0.3 is 0 Å². The van der Waals surface area contributed by atoms with Crippen molar-refractivity contribution >= 4 is 5.78 Å². The molecule has 1 aliphatic heterocycles. The largest absolute Gasteiger partial charge is 0.375 e. The van der Waals surface area contributed by atoms with Gasteiger partial charge in [-0.1, -0.05) is 30.7 Å². The second kappa shape index (κ2) is 5.85. The number of hydrogen-bond donors (Lipinski definition) is 1. The first-order chi connectivity index (χ1) is 9.34. The van der Waals surface area contributed by atoms with Crippen LogP contribution >= 0.6 is 0 Å². The van der Waals surface area contributed by atoms with Crippen molar-refractivity contribution in [2.24, 2.45) is 0 Å². The Morgan fingerprint density at radius 3 is 2.84 bits per heavy atom. The van der Waals surface area contributed by atoms with E-state index >= 15 is 0 Å². The first kappa shape index (κ1) is 12.8. The smallest absolute Gasteiger partial charge is 0.165 e. The van der Waals surface area contributed by atoms with Gasteiger partial charge in [-0.25, -0.2) is 0 Å². The van der Waals surface area contributed by atoms with Gasteiger partial charge in [0.15, 0.2) is 5.78 Å². The zero-order valence-electron chi connectivity index (χ0n) is 11.2. The molecule has 3 nitrogen and oxygen atoms in total. The highest BCUT2D eigenvalue weighted by atomic mass is 16.5. The Morgan fingerprint density at radius 2 is 2.16 bits per heavy atom. The van der Waals surface area contributed by atoms with Crippen molar-refractivity contribution in [2.45, 2.75) is 37.7 Å². The Kier molecular flexibility index (Phi) is 3.95. The van der Waals surface area contributed by atoms with E-state index in [0.717, 1.165) is 18.7 Å². The molecule has 0 aromatic heterocycles. The molecule has 1 aromatic carbocycles. The highest BCUT2D eigenvalue weighted by molar-refractivity contribution is 5.98. The molecule has 3 heteroatoms. The fourth-order valence-corrected chi connectivity index (χ4v) is 2.89. The number of ether oxygens (including phenoxy) is 1. The first-order valence-electron chi connectivity index (χ1n) is 7.29. The SMILES string of the molecule is O=C(CC1CNCCO1)c1ccccc1C1CCC1. The average molecular weight is 259 g/mol. The van der Waals surface area contributed by atoms with Gasteiger partial charge in [-0.15, -0.1) is 0 Å². The number of carbonyl (C=O) groups excluding carboxylic acids is 1. The van der Waals surface area contributed by atoms with E-state index in [4.69, 9.17) is 4.74 Å². The van der Waals surface area contributed by atoms with Gasteiger partial charge in [0.05, 0.1) is 12.7 Å². The molecule has 1 unspecified atom stereocenters. The van der Waals surface area contributed by atoms with Gasteiger partial charge in [-0.3, -0.25) is 4.79 Å². The van der Waals surface area contributed by atoms with Crippen molar-refractivity contribution in [3.05, 3.63) is 35.4 Å². The van der Waals surface area contributed by atoms with Gasteiger partial charge in [0.25, 0.3) is 0 Å². The van der Waals surface area contributed by atoms with Crippen LogP contribution in [0.3, 0.4) is 0 Å². The molecule has 1 saturated carbocycles. The van der Waals surface area contributed by atoms with Crippen molar-refractivity contribution in [2.75, 3.05) is 19.7 Å². The average Bonchev–Trinajstić information content (AvgIpc) is 2.38. The summed E-state index contributed by atoms with van der Waals surface area (Å²) in [4.78, 5) is 12.5. The number of carbonyl (C=O) groups is 1. The van der Waals surface area contributed by atoms with Gasteiger partial charge in [0.1, 0.15) is 0 Å². The van der Waals surface area contributed by atoms with E-state index in [1.807, 2.05) is 18.2 Å². The minimum absolute atomic E-state index is 0.0377. The summed E-state index contributed by atoms with van der Waals surface area (Å²) in [5.74, 6) is 0.835. The lowest BCUT2D eigenvalue weighted by Gasteiger charge is -2.28. The van der Waals surface area contributed by atoms with Crippen LogP contribution in [0.15, 0.2) is 24.3 Å². The van der Waals surface area contributed by atoms with Crippen LogP contribution in [0.5, 0.6) is 0 Å². The Balaban J connectivity index is 1.71. The third-order valence-electron chi connectivity index (χ3n) is 4.22. The Morgan fingerprint density at radius 1 is 1.32 bits per heavy atom. The topological polar surface area (TPSA) is 38.3 Å². The number of Topliss-reactive ketones (excluding diaryl/α,β-unsaturated/α-hetero) is 1. The molecule has 1 aliphatic carbocycles. The van der Waals surface area contributed by atoms with Crippen molar-refractivity contribution in [1.82, 2.24) is 5.32 Å². The van der Waals surface area contributed by atoms with Crippen molar-refractivity contribution in [1.29, 1.82) is 0 Å². The van der Waals surface area contributed by atoms with Crippen LogP contribution in [0, 0.1) is 0 Å². The molecule has 19 heavy (non-hydrogen) atoms.